The van der Waals surface area contributed by atoms with Crippen molar-refractivity contribution in [3.8, 4) is 0 Å². The third kappa shape index (κ3) is 4.35. The van der Waals surface area contributed by atoms with E-state index in [-0.39, 0.29) is 11.6 Å². The number of benzene rings is 1. The van der Waals surface area contributed by atoms with Gasteiger partial charge in [0.15, 0.2) is 0 Å². The molecule has 7 heteroatoms. The molecule has 1 aliphatic rings. The van der Waals surface area contributed by atoms with Gasteiger partial charge in [0.1, 0.15) is 5.82 Å². The van der Waals surface area contributed by atoms with Gasteiger partial charge in [-0.3, -0.25) is 4.98 Å². The van der Waals surface area contributed by atoms with Gasteiger partial charge in [0, 0.05) is 44.3 Å². The van der Waals surface area contributed by atoms with Gasteiger partial charge < -0.3 is 4.90 Å². The van der Waals surface area contributed by atoms with E-state index < -0.39 is 10.0 Å². The minimum atomic E-state index is -3.42. The van der Waals surface area contributed by atoms with Crippen LogP contribution in [0.1, 0.15) is 17.5 Å². The van der Waals surface area contributed by atoms with Crippen molar-refractivity contribution in [2.75, 3.05) is 31.1 Å². The molecule has 2 aromatic rings. The number of aromatic nitrogens is 1. The van der Waals surface area contributed by atoms with Crippen LogP contribution in [0.5, 0.6) is 0 Å². The van der Waals surface area contributed by atoms with Gasteiger partial charge in [-0.2, -0.15) is 4.31 Å². The van der Waals surface area contributed by atoms with Gasteiger partial charge in [-0.05, 0) is 42.7 Å². The molecule has 0 spiro atoms. The second kappa shape index (κ2) is 7.49. The second-order valence-corrected chi connectivity index (χ2v) is 8.25. The van der Waals surface area contributed by atoms with E-state index >= 15 is 0 Å². The van der Waals surface area contributed by atoms with Crippen molar-refractivity contribution in [3.63, 3.8) is 0 Å². The fourth-order valence-electron chi connectivity index (χ4n) is 3.12. The number of sulfonamides is 1. The molecule has 1 fully saturated rings. The van der Waals surface area contributed by atoms with Gasteiger partial charge in [-0.25, -0.2) is 12.8 Å². The number of aryl methyl sites for hydroxylation is 1. The van der Waals surface area contributed by atoms with Crippen LogP contribution in [0.25, 0.3) is 0 Å². The van der Waals surface area contributed by atoms with Crippen LogP contribution in [0.3, 0.4) is 0 Å². The summed E-state index contributed by atoms with van der Waals surface area (Å²) < 4.78 is 40.0. The van der Waals surface area contributed by atoms with E-state index in [0.717, 1.165) is 24.2 Å². The Morgan fingerprint density at radius 3 is 2.56 bits per heavy atom. The molecule has 0 unspecified atom stereocenters. The maximum Gasteiger partial charge on any atom is 0.218 e. The average molecular weight is 363 g/mol. The SMILES string of the molecule is Cc1cnccc1N1CCCN(S(=O)(=O)Cc2ccc(F)cc2)CC1. The molecule has 2 heterocycles. The lowest BCUT2D eigenvalue weighted by Crippen LogP contribution is -2.36. The number of hydrogen-bond donors (Lipinski definition) is 0. The van der Waals surface area contributed by atoms with E-state index in [1.54, 1.807) is 10.5 Å². The summed E-state index contributed by atoms with van der Waals surface area (Å²) in [5, 5.41) is 0. The lowest BCUT2D eigenvalue weighted by atomic mass is 10.2. The first-order chi connectivity index (χ1) is 12.0. The molecular formula is C18H22FN3O2S. The first-order valence-electron chi connectivity index (χ1n) is 8.33. The largest absolute Gasteiger partial charge is 0.370 e. The standard InChI is InChI=1S/C18H22FN3O2S/c1-15-13-20-8-7-18(15)21-9-2-10-22(12-11-21)25(23,24)14-16-3-5-17(19)6-4-16/h3-8,13H,2,9-12,14H2,1H3. The zero-order chi connectivity index (χ0) is 17.9. The van der Waals surface area contributed by atoms with Crippen LogP contribution in [0.4, 0.5) is 10.1 Å². The molecular weight excluding hydrogens is 341 g/mol. The van der Waals surface area contributed by atoms with Crippen molar-refractivity contribution in [2.24, 2.45) is 0 Å². The van der Waals surface area contributed by atoms with Crippen LogP contribution in [-0.2, 0) is 15.8 Å². The minimum Gasteiger partial charge on any atom is -0.370 e. The van der Waals surface area contributed by atoms with Gasteiger partial charge in [0.2, 0.25) is 10.0 Å². The highest BCUT2D eigenvalue weighted by Crippen LogP contribution is 2.21. The molecule has 1 aromatic heterocycles. The molecule has 0 amide bonds. The highest BCUT2D eigenvalue weighted by atomic mass is 32.2. The smallest absolute Gasteiger partial charge is 0.218 e. The Morgan fingerprint density at radius 1 is 1.08 bits per heavy atom. The normalized spacial score (nSPS) is 16.6. The Morgan fingerprint density at radius 2 is 1.84 bits per heavy atom. The monoisotopic (exact) mass is 363 g/mol. The molecule has 5 nitrogen and oxygen atoms in total. The van der Waals surface area contributed by atoms with Crippen molar-refractivity contribution in [1.29, 1.82) is 0 Å². The highest BCUT2D eigenvalue weighted by Gasteiger charge is 2.25. The van der Waals surface area contributed by atoms with E-state index in [0.29, 0.717) is 25.2 Å². The van der Waals surface area contributed by atoms with Crippen LogP contribution in [0.15, 0.2) is 42.7 Å². The van der Waals surface area contributed by atoms with Crippen LogP contribution in [-0.4, -0.2) is 43.9 Å². The summed E-state index contributed by atoms with van der Waals surface area (Å²) in [5.74, 6) is -0.457. The fourth-order valence-corrected chi connectivity index (χ4v) is 4.68. The van der Waals surface area contributed by atoms with E-state index in [1.165, 1.54) is 24.3 Å². The molecule has 0 saturated carbocycles. The Bertz CT molecular complexity index is 824. The van der Waals surface area contributed by atoms with Gasteiger partial charge >= 0.3 is 0 Å². The lowest BCUT2D eigenvalue weighted by Gasteiger charge is -2.24. The summed E-state index contributed by atoms with van der Waals surface area (Å²) in [6.07, 6.45) is 4.35. The molecule has 25 heavy (non-hydrogen) atoms. The number of anilines is 1. The first kappa shape index (κ1) is 17.8. The highest BCUT2D eigenvalue weighted by molar-refractivity contribution is 7.88. The third-order valence-corrected chi connectivity index (χ3v) is 6.29. The maximum atomic E-state index is 13.0. The van der Waals surface area contributed by atoms with Crippen molar-refractivity contribution < 1.29 is 12.8 Å². The fraction of sp³-hybridized carbons (Fsp3) is 0.389. The predicted molar refractivity (Wildman–Crippen MR) is 96.4 cm³/mol. The molecule has 1 saturated heterocycles. The van der Waals surface area contributed by atoms with Crippen LogP contribution >= 0.6 is 0 Å². The molecule has 0 N–H and O–H groups in total. The maximum absolute atomic E-state index is 13.0. The number of halogens is 1. The molecule has 0 atom stereocenters. The average Bonchev–Trinajstić information content (AvgIpc) is 2.84. The van der Waals surface area contributed by atoms with Crippen molar-refractivity contribution >= 4 is 15.7 Å². The Kier molecular flexibility index (Phi) is 5.34. The number of hydrogen-bond acceptors (Lipinski definition) is 4. The molecule has 134 valence electrons. The summed E-state index contributed by atoms with van der Waals surface area (Å²) in [6.45, 7) is 4.42. The van der Waals surface area contributed by atoms with E-state index in [4.69, 9.17) is 0 Å². The summed E-state index contributed by atoms with van der Waals surface area (Å²) in [4.78, 5) is 6.32. The topological polar surface area (TPSA) is 53.5 Å². The number of pyridine rings is 1. The summed E-state index contributed by atoms with van der Waals surface area (Å²) >= 11 is 0. The van der Waals surface area contributed by atoms with Gasteiger partial charge in [-0.1, -0.05) is 12.1 Å². The first-order valence-corrected chi connectivity index (χ1v) is 9.94. The summed E-state index contributed by atoms with van der Waals surface area (Å²) in [5.41, 5.74) is 2.80. The predicted octanol–water partition coefficient (Wildman–Crippen LogP) is 2.57. The summed E-state index contributed by atoms with van der Waals surface area (Å²) in [7, 11) is -3.42. The van der Waals surface area contributed by atoms with E-state index in [9.17, 15) is 12.8 Å². The zero-order valence-electron chi connectivity index (χ0n) is 14.2. The van der Waals surface area contributed by atoms with Crippen molar-refractivity contribution in [3.05, 3.63) is 59.7 Å². The Hall–Kier alpha value is -1.99. The molecule has 0 bridgehead atoms. The van der Waals surface area contributed by atoms with E-state index in [2.05, 4.69) is 9.88 Å². The quantitative estimate of drug-likeness (QED) is 0.838. The minimum absolute atomic E-state index is 0.0957. The van der Waals surface area contributed by atoms with Crippen molar-refractivity contribution in [2.45, 2.75) is 19.1 Å². The van der Waals surface area contributed by atoms with Crippen LogP contribution in [0.2, 0.25) is 0 Å². The Labute approximate surface area is 148 Å². The number of rotatable bonds is 4. The van der Waals surface area contributed by atoms with Crippen molar-refractivity contribution in [1.82, 2.24) is 9.29 Å². The molecule has 1 aromatic carbocycles. The summed E-state index contributed by atoms with van der Waals surface area (Å²) in [6, 6.07) is 7.61. The molecule has 1 aliphatic heterocycles. The lowest BCUT2D eigenvalue weighted by molar-refractivity contribution is 0.432. The molecule has 3 rings (SSSR count). The zero-order valence-corrected chi connectivity index (χ0v) is 15.0. The number of nitrogens with zero attached hydrogens (tertiary/aromatic N) is 3. The van der Waals surface area contributed by atoms with Gasteiger partial charge in [-0.15, -0.1) is 0 Å². The van der Waals surface area contributed by atoms with Crippen LogP contribution < -0.4 is 4.90 Å². The second-order valence-electron chi connectivity index (χ2n) is 6.28. The van der Waals surface area contributed by atoms with Gasteiger partial charge in [0.05, 0.1) is 5.75 Å². The molecule has 0 aliphatic carbocycles. The third-order valence-electron chi connectivity index (χ3n) is 4.44. The Balaban J connectivity index is 1.69. The van der Waals surface area contributed by atoms with Crippen LogP contribution in [0, 0.1) is 12.7 Å². The molecule has 0 radical (unpaired) electrons. The van der Waals surface area contributed by atoms with E-state index in [1.807, 2.05) is 19.2 Å². The van der Waals surface area contributed by atoms with Gasteiger partial charge in [0.25, 0.3) is 0 Å².